The van der Waals surface area contributed by atoms with Gasteiger partial charge in [-0.25, -0.2) is 0 Å². The molecule has 0 heterocycles. The van der Waals surface area contributed by atoms with Gasteiger partial charge in [0.05, 0.1) is 0 Å². The second-order valence-corrected chi connectivity index (χ2v) is 3.92. The highest BCUT2D eigenvalue weighted by Crippen LogP contribution is 2.16. The third-order valence-electron chi connectivity index (χ3n) is 2.46. The number of benzene rings is 1. The second kappa shape index (κ2) is 6.00. The summed E-state index contributed by atoms with van der Waals surface area (Å²) in [5.74, 6) is -0.236. The molecule has 0 aromatic heterocycles. The molecule has 88 valence electrons. The van der Waals surface area contributed by atoms with Gasteiger partial charge in [-0.3, -0.25) is 4.79 Å². The summed E-state index contributed by atoms with van der Waals surface area (Å²) in [4.78, 5) is 10.5. The molecule has 0 saturated carbocycles. The van der Waals surface area contributed by atoms with Gasteiger partial charge in [-0.1, -0.05) is 6.07 Å². The van der Waals surface area contributed by atoms with Crippen molar-refractivity contribution in [3.8, 4) is 0 Å². The fraction of sp³-hybridized carbons (Fsp3) is 0.417. The number of carbonyl (C=O) groups is 1. The van der Waals surface area contributed by atoms with E-state index in [9.17, 15) is 4.79 Å². The number of unbranched alkanes of at least 4 members (excludes halogenated alkanes) is 1. The third kappa shape index (κ3) is 4.21. The van der Waals surface area contributed by atoms with Gasteiger partial charge in [0.15, 0.2) is 0 Å². The number of nitrogens with two attached hydrogens (primary N) is 2. The number of anilines is 2. The summed E-state index contributed by atoms with van der Waals surface area (Å²) >= 11 is 0. The zero-order valence-electron chi connectivity index (χ0n) is 9.62. The molecule has 4 heteroatoms. The predicted molar refractivity (Wildman–Crippen MR) is 67.1 cm³/mol. The average molecular weight is 221 g/mol. The molecule has 16 heavy (non-hydrogen) atoms. The summed E-state index contributed by atoms with van der Waals surface area (Å²) in [6.07, 6.45) is 2.21. The molecule has 0 aliphatic carbocycles. The molecule has 1 aromatic rings. The van der Waals surface area contributed by atoms with E-state index in [-0.39, 0.29) is 5.91 Å². The number of nitrogen functional groups attached to an aromatic ring is 1. The minimum atomic E-state index is -0.236. The molecule has 1 rings (SSSR count). The van der Waals surface area contributed by atoms with Gasteiger partial charge in [-0.05, 0) is 37.5 Å². The number of primary amides is 1. The van der Waals surface area contributed by atoms with Crippen LogP contribution in [0.5, 0.6) is 0 Å². The molecule has 0 aliphatic heterocycles. The minimum Gasteiger partial charge on any atom is -0.398 e. The quantitative estimate of drug-likeness (QED) is 0.504. The molecule has 5 N–H and O–H groups in total. The monoisotopic (exact) mass is 221 g/mol. The van der Waals surface area contributed by atoms with Crippen molar-refractivity contribution in [2.75, 3.05) is 17.6 Å². The Kier molecular flexibility index (Phi) is 4.64. The molecule has 0 spiro atoms. The van der Waals surface area contributed by atoms with Crippen LogP contribution < -0.4 is 16.8 Å². The van der Waals surface area contributed by atoms with Gasteiger partial charge in [-0.15, -0.1) is 0 Å². The molecule has 0 atom stereocenters. The Labute approximate surface area is 96.0 Å². The Morgan fingerprint density at radius 3 is 2.75 bits per heavy atom. The van der Waals surface area contributed by atoms with Crippen molar-refractivity contribution >= 4 is 17.3 Å². The van der Waals surface area contributed by atoms with Crippen LogP contribution in [0.3, 0.4) is 0 Å². The zero-order chi connectivity index (χ0) is 12.0. The van der Waals surface area contributed by atoms with Crippen molar-refractivity contribution in [1.29, 1.82) is 0 Å². The van der Waals surface area contributed by atoms with Crippen LogP contribution in [0, 0.1) is 6.92 Å². The molecule has 4 nitrogen and oxygen atoms in total. The Balaban J connectivity index is 2.27. The van der Waals surface area contributed by atoms with Gasteiger partial charge in [0.25, 0.3) is 0 Å². The lowest BCUT2D eigenvalue weighted by Crippen LogP contribution is -2.11. The lowest BCUT2D eigenvalue weighted by atomic mass is 10.2. The van der Waals surface area contributed by atoms with E-state index in [2.05, 4.69) is 5.32 Å². The molecule has 0 saturated heterocycles. The van der Waals surface area contributed by atoms with Crippen LogP contribution in [0.2, 0.25) is 0 Å². The first kappa shape index (κ1) is 12.4. The summed E-state index contributed by atoms with van der Waals surface area (Å²) in [5, 5.41) is 3.25. The highest BCUT2D eigenvalue weighted by atomic mass is 16.1. The van der Waals surface area contributed by atoms with Gasteiger partial charge >= 0.3 is 0 Å². The fourth-order valence-electron chi connectivity index (χ4n) is 1.41. The van der Waals surface area contributed by atoms with Gasteiger partial charge in [0, 0.05) is 24.3 Å². The van der Waals surface area contributed by atoms with Gasteiger partial charge < -0.3 is 16.8 Å². The summed E-state index contributed by atoms with van der Waals surface area (Å²) in [6, 6.07) is 5.91. The van der Waals surface area contributed by atoms with Crippen LogP contribution in [-0.4, -0.2) is 12.5 Å². The van der Waals surface area contributed by atoms with E-state index in [1.807, 2.05) is 25.1 Å². The van der Waals surface area contributed by atoms with Crippen LogP contribution in [0.15, 0.2) is 18.2 Å². The molecule has 0 fully saturated rings. The smallest absolute Gasteiger partial charge is 0.217 e. The van der Waals surface area contributed by atoms with E-state index in [1.54, 1.807) is 0 Å². The van der Waals surface area contributed by atoms with Crippen molar-refractivity contribution < 1.29 is 4.79 Å². The first-order chi connectivity index (χ1) is 7.59. The number of rotatable bonds is 6. The maximum atomic E-state index is 10.5. The SMILES string of the molecule is Cc1ccc(NCCCCC(N)=O)cc1N. The normalized spacial score (nSPS) is 10.1. The number of hydrogen-bond acceptors (Lipinski definition) is 3. The number of aryl methyl sites for hydroxylation is 1. The summed E-state index contributed by atoms with van der Waals surface area (Å²) in [5.41, 5.74) is 13.7. The predicted octanol–water partition coefficient (Wildman–Crippen LogP) is 1.64. The maximum Gasteiger partial charge on any atom is 0.217 e. The van der Waals surface area contributed by atoms with Gasteiger partial charge in [-0.2, -0.15) is 0 Å². The molecule has 0 radical (unpaired) electrons. The first-order valence-corrected chi connectivity index (χ1v) is 5.48. The zero-order valence-corrected chi connectivity index (χ0v) is 9.62. The molecule has 1 aromatic carbocycles. The molecule has 0 bridgehead atoms. The Hall–Kier alpha value is -1.71. The van der Waals surface area contributed by atoms with E-state index in [4.69, 9.17) is 11.5 Å². The standard InChI is InChI=1S/C12H19N3O/c1-9-5-6-10(8-11(9)13)15-7-3-2-4-12(14)16/h5-6,8,15H,2-4,7,13H2,1H3,(H2,14,16). The molecular weight excluding hydrogens is 202 g/mol. The molecular formula is C12H19N3O. The topological polar surface area (TPSA) is 81.1 Å². The molecule has 0 unspecified atom stereocenters. The lowest BCUT2D eigenvalue weighted by Gasteiger charge is -2.08. The van der Waals surface area contributed by atoms with Gasteiger partial charge in [0.1, 0.15) is 0 Å². The summed E-state index contributed by atoms with van der Waals surface area (Å²) in [7, 11) is 0. The van der Waals surface area contributed by atoms with Crippen molar-refractivity contribution in [3.05, 3.63) is 23.8 Å². The Morgan fingerprint density at radius 1 is 1.38 bits per heavy atom. The second-order valence-electron chi connectivity index (χ2n) is 3.92. The van der Waals surface area contributed by atoms with E-state index < -0.39 is 0 Å². The lowest BCUT2D eigenvalue weighted by molar-refractivity contribution is -0.118. The van der Waals surface area contributed by atoms with Crippen molar-refractivity contribution in [1.82, 2.24) is 0 Å². The Bertz CT molecular complexity index is 363. The van der Waals surface area contributed by atoms with E-state index in [0.29, 0.717) is 6.42 Å². The average Bonchev–Trinajstić information content (AvgIpc) is 2.22. The number of nitrogens with one attached hydrogen (secondary N) is 1. The number of hydrogen-bond donors (Lipinski definition) is 3. The van der Waals surface area contributed by atoms with E-state index >= 15 is 0 Å². The van der Waals surface area contributed by atoms with Crippen molar-refractivity contribution in [3.63, 3.8) is 0 Å². The minimum absolute atomic E-state index is 0.236. The van der Waals surface area contributed by atoms with Crippen molar-refractivity contribution in [2.45, 2.75) is 26.2 Å². The first-order valence-electron chi connectivity index (χ1n) is 5.48. The van der Waals surface area contributed by atoms with E-state index in [1.165, 1.54) is 0 Å². The largest absolute Gasteiger partial charge is 0.398 e. The Morgan fingerprint density at radius 2 is 2.12 bits per heavy atom. The summed E-state index contributed by atoms with van der Waals surface area (Å²) < 4.78 is 0. The molecule has 1 amide bonds. The highest BCUT2D eigenvalue weighted by Gasteiger charge is 1.97. The van der Waals surface area contributed by atoms with Crippen LogP contribution >= 0.6 is 0 Å². The molecule has 0 aliphatic rings. The van der Waals surface area contributed by atoms with Gasteiger partial charge in [0.2, 0.25) is 5.91 Å². The van der Waals surface area contributed by atoms with Crippen molar-refractivity contribution in [2.24, 2.45) is 5.73 Å². The number of carbonyl (C=O) groups excluding carboxylic acids is 1. The maximum absolute atomic E-state index is 10.5. The number of amides is 1. The van der Waals surface area contributed by atoms with Crippen LogP contribution in [0.4, 0.5) is 11.4 Å². The van der Waals surface area contributed by atoms with Crippen LogP contribution in [0.25, 0.3) is 0 Å². The summed E-state index contributed by atoms with van der Waals surface area (Å²) in [6.45, 7) is 2.81. The fourth-order valence-corrected chi connectivity index (χ4v) is 1.41. The highest BCUT2D eigenvalue weighted by molar-refractivity contribution is 5.73. The van der Waals surface area contributed by atoms with Crippen LogP contribution in [-0.2, 0) is 4.79 Å². The van der Waals surface area contributed by atoms with E-state index in [0.717, 1.165) is 36.3 Å². The third-order valence-corrected chi connectivity index (χ3v) is 2.46. The van der Waals surface area contributed by atoms with Crippen LogP contribution in [0.1, 0.15) is 24.8 Å².